The summed E-state index contributed by atoms with van der Waals surface area (Å²) in [5.74, 6) is -2.62. The van der Waals surface area contributed by atoms with E-state index >= 15 is 0 Å². The molecule has 2 aromatic rings. The van der Waals surface area contributed by atoms with Crippen LogP contribution in [0.3, 0.4) is 0 Å². The van der Waals surface area contributed by atoms with E-state index in [-0.39, 0.29) is 12.5 Å². The maximum Gasteiger partial charge on any atom is 0.471 e. The molecule has 1 heterocycles. The number of rotatable bonds is 8. The van der Waals surface area contributed by atoms with E-state index in [1.54, 1.807) is 15.1 Å². The topological polar surface area (TPSA) is 79.0 Å². The fourth-order valence-corrected chi connectivity index (χ4v) is 3.45. The van der Waals surface area contributed by atoms with Crippen LogP contribution in [-0.4, -0.2) is 61.6 Å². The molecule has 1 aliphatic heterocycles. The van der Waals surface area contributed by atoms with Crippen LogP contribution in [0.25, 0.3) is 0 Å². The number of carbonyl (C=O) groups excluding carboxylic acids is 3. The zero-order valence-electron chi connectivity index (χ0n) is 18.5. The molecule has 0 unspecified atom stereocenters. The van der Waals surface area contributed by atoms with E-state index in [9.17, 15) is 27.6 Å². The van der Waals surface area contributed by atoms with Crippen LogP contribution in [0.1, 0.15) is 17.5 Å². The number of urea groups is 1. The monoisotopic (exact) mass is 477 g/mol. The Morgan fingerprint density at radius 3 is 2.18 bits per heavy atom. The van der Waals surface area contributed by atoms with E-state index in [4.69, 9.17) is 4.74 Å². The number of benzene rings is 2. The number of morpholine rings is 1. The van der Waals surface area contributed by atoms with Crippen LogP contribution in [-0.2, 0) is 27.3 Å². The molecule has 1 aliphatic rings. The predicted molar refractivity (Wildman–Crippen MR) is 119 cm³/mol. The number of hydrogen-bond donors (Lipinski definition) is 1. The third kappa shape index (κ3) is 7.31. The second kappa shape index (κ2) is 11.6. The minimum atomic E-state index is -5.01. The number of nitrogens with one attached hydrogen (secondary N) is 1. The highest BCUT2D eigenvalue weighted by Gasteiger charge is 2.38. The van der Waals surface area contributed by atoms with Crippen LogP contribution in [0.2, 0.25) is 0 Å². The van der Waals surface area contributed by atoms with Crippen molar-refractivity contribution in [3.8, 4) is 0 Å². The van der Waals surface area contributed by atoms with Gasteiger partial charge in [0.2, 0.25) is 0 Å². The summed E-state index contributed by atoms with van der Waals surface area (Å²) in [4.78, 5) is 39.2. The average Bonchev–Trinajstić information content (AvgIpc) is 2.85. The first-order valence-corrected chi connectivity index (χ1v) is 10.9. The quantitative estimate of drug-likeness (QED) is 0.633. The molecule has 10 heteroatoms. The molecule has 3 amide bonds. The number of aryl methyl sites for hydroxylation is 1. The van der Waals surface area contributed by atoms with Crippen LogP contribution in [0.4, 0.5) is 23.7 Å². The molecule has 0 aromatic heterocycles. The Hall–Kier alpha value is -3.40. The lowest BCUT2D eigenvalue weighted by molar-refractivity contribution is -0.173. The maximum absolute atomic E-state index is 13.2. The van der Waals surface area contributed by atoms with Gasteiger partial charge in [0.25, 0.3) is 0 Å². The van der Waals surface area contributed by atoms with Gasteiger partial charge >= 0.3 is 18.1 Å². The van der Waals surface area contributed by atoms with Crippen molar-refractivity contribution in [2.24, 2.45) is 0 Å². The minimum absolute atomic E-state index is 0.00312. The van der Waals surface area contributed by atoms with Gasteiger partial charge in [-0.3, -0.25) is 14.5 Å². The van der Waals surface area contributed by atoms with Gasteiger partial charge in [0.1, 0.15) is 0 Å². The normalized spacial score (nSPS) is 13.9. The summed E-state index contributed by atoms with van der Waals surface area (Å²) in [6.07, 6.45) is -4.67. The van der Waals surface area contributed by atoms with Crippen molar-refractivity contribution in [1.29, 1.82) is 0 Å². The predicted octanol–water partition coefficient (Wildman–Crippen LogP) is 3.33. The lowest BCUT2D eigenvalue weighted by atomic mass is 10.1. The molecule has 0 aliphatic carbocycles. The molecule has 7 nitrogen and oxygen atoms in total. The van der Waals surface area contributed by atoms with Gasteiger partial charge in [-0.15, -0.1) is 0 Å². The molecule has 34 heavy (non-hydrogen) atoms. The molecular formula is C24H26F3N3O4. The number of ketones is 1. The SMILES string of the molecule is O=C(CCc1ccc(CN(C(=O)N2CCOCC2)c2ccccc2)cc1)CNC(=O)C(F)(F)F. The van der Waals surface area contributed by atoms with Crippen molar-refractivity contribution < 1.29 is 32.3 Å². The Morgan fingerprint density at radius 1 is 0.941 bits per heavy atom. The lowest BCUT2D eigenvalue weighted by Crippen LogP contribution is -2.48. The van der Waals surface area contributed by atoms with E-state index in [0.717, 1.165) is 16.8 Å². The van der Waals surface area contributed by atoms with E-state index < -0.39 is 24.4 Å². The smallest absolute Gasteiger partial charge is 0.378 e. The van der Waals surface area contributed by atoms with Crippen LogP contribution in [0, 0.1) is 0 Å². The molecule has 182 valence electrons. The Morgan fingerprint density at radius 2 is 1.56 bits per heavy atom. The number of amides is 3. The highest BCUT2D eigenvalue weighted by atomic mass is 19.4. The molecule has 1 fully saturated rings. The fourth-order valence-electron chi connectivity index (χ4n) is 3.45. The van der Waals surface area contributed by atoms with E-state index in [0.29, 0.717) is 39.3 Å². The van der Waals surface area contributed by atoms with Gasteiger partial charge in [0, 0.05) is 25.2 Å². The highest BCUT2D eigenvalue weighted by Crippen LogP contribution is 2.20. The molecule has 0 saturated carbocycles. The van der Waals surface area contributed by atoms with Crippen molar-refractivity contribution in [3.63, 3.8) is 0 Å². The molecule has 2 aromatic carbocycles. The van der Waals surface area contributed by atoms with Crippen molar-refractivity contribution in [2.45, 2.75) is 25.6 Å². The summed E-state index contributed by atoms with van der Waals surface area (Å²) in [7, 11) is 0. The summed E-state index contributed by atoms with van der Waals surface area (Å²) < 4.78 is 41.9. The van der Waals surface area contributed by atoms with Gasteiger partial charge in [-0.2, -0.15) is 13.2 Å². The van der Waals surface area contributed by atoms with Crippen LogP contribution in [0.5, 0.6) is 0 Å². The van der Waals surface area contributed by atoms with Gasteiger partial charge in [0.15, 0.2) is 5.78 Å². The zero-order chi connectivity index (χ0) is 24.6. The number of para-hydroxylation sites is 1. The standard InChI is InChI=1S/C24H26F3N3O4/c25-24(26,27)22(32)28-16-21(31)11-10-18-6-8-19(9-7-18)17-30(20-4-2-1-3-5-20)23(33)29-12-14-34-15-13-29/h1-9H,10-17H2,(H,28,32). The number of anilines is 1. The Balaban J connectivity index is 1.58. The zero-order valence-corrected chi connectivity index (χ0v) is 18.5. The molecule has 1 saturated heterocycles. The van der Waals surface area contributed by atoms with Gasteiger partial charge in [-0.05, 0) is 29.7 Å². The van der Waals surface area contributed by atoms with Crippen molar-refractivity contribution >= 4 is 23.4 Å². The molecule has 0 bridgehead atoms. The summed E-state index contributed by atoms with van der Waals surface area (Å²) in [6.45, 7) is 1.75. The van der Waals surface area contributed by atoms with Gasteiger partial charge in [-0.25, -0.2) is 4.79 Å². The number of Topliss-reactive ketones (excluding diaryl/α,β-unsaturated/α-hetero) is 1. The van der Waals surface area contributed by atoms with Crippen LogP contribution in [0.15, 0.2) is 54.6 Å². The third-order valence-electron chi connectivity index (χ3n) is 5.34. The van der Waals surface area contributed by atoms with Crippen molar-refractivity contribution in [3.05, 3.63) is 65.7 Å². The number of hydrogen-bond acceptors (Lipinski definition) is 4. The number of halogens is 3. The Kier molecular flexibility index (Phi) is 8.64. The average molecular weight is 477 g/mol. The first kappa shape index (κ1) is 25.2. The molecule has 3 rings (SSSR count). The highest BCUT2D eigenvalue weighted by molar-refractivity contribution is 5.92. The van der Waals surface area contributed by atoms with Crippen molar-refractivity contribution in [1.82, 2.24) is 10.2 Å². The second-order valence-electron chi connectivity index (χ2n) is 7.84. The summed E-state index contributed by atoms with van der Waals surface area (Å²) in [5.41, 5.74) is 2.48. The summed E-state index contributed by atoms with van der Waals surface area (Å²) in [5, 5.41) is 1.58. The number of ether oxygens (including phenoxy) is 1. The van der Waals surface area contributed by atoms with Crippen LogP contribution >= 0.6 is 0 Å². The number of alkyl halides is 3. The van der Waals surface area contributed by atoms with Crippen LogP contribution < -0.4 is 10.2 Å². The van der Waals surface area contributed by atoms with Gasteiger partial charge < -0.3 is 15.0 Å². The molecule has 1 N–H and O–H groups in total. The molecular weight excluding hydrogens is 451 g/mol. The molecule has 0 spiro atoms. The van der Waals surface area contributed by atoms with Gasteiger partial charge in [0.05, 0.1) is 26.3 Å². The first-order chi connectivity index (χ1) is 16.2. The number of carbonyl (C=O) groups is 3. The molecule has 0 atom stereocenters. The second-order valence-corrected chi connectivity index (χ2v) is 7.84. The summed E-state index contributed by atoms with van der Waals surface area (Å²) in [6, 6.07) is 16.6. The van der Waals surface area contributed by atoms with E-state index in [1.807, 2.05) is 54.6 Å². The Labute approximate surface area is 195 Å². The minimum Gasteiger partial charge on any atom is -0.378 e. The van der Waals surface area contributed by atoms with Gasteiger partial charge in [-0.1, -0.05) is 42.5 Å². The molecule has 0 radical (unpaired) electrons. The summed E-state index contributed by atoms with van der Waals surface area (Å²) >= 11 is 0. The van der Waals surface area contributed by atoms with E-state index in [2.05, 4.69) is 0 Å². The fraction of sp³-hybridized carbons (Fsp3) is 0.375. The van der Waals surface area contributed by atoms with Crippen molar-refractivity contribution in [2.75, 3.05) is 37.7 Å². The third-order valence-corrected chi connectivity index (χ3v) is 5.34. The lowest BCUT2D eigenvalue weighted by Gasteiger charge is -2.33. The number of nitrogens with zero attached hydrogens (tertiary/aromatic N) is 2. The maximum atomic E-state index is 13.2. The largest absolute Gasteiger partial charge is 0.471 e. The Bertz CT molecular complexity index is 975. The van der Waals surface area contributed by atoms with E-state index in [1.165, 1.54) is 0 Å². The first-order valence-electron chi connectivity index (χ1n) is 10.9.